The number of hydrogen-bond donors (Lipinski definition) is 2. The summed E-state index contributed by atoms with van der Waals surface area (Å²) in [5.41, 5.74) is 0.315. The molecule has 0 saturated carbocycles. The van der Waals surface area contributed by atoms with Crippen LogP contribution in [0.25, 0.3) is 10.8 Å². The summed E-state index contributed by atoms with van der Waals surface area (Å²) in [6.07, 6.45) is 0.701. The Labute approximate surface area is 175 Å². The van der Waals surface area contributed by atoms with Gasteiger partial charge in [-0.2, -0.15) is 5.10 Å². The average Bonchev–Trinajstić information content (AvgIpc) is 2.69. The fraction of sp³-hybridized carbons (Fsp3) is 0.286. The van der Waals surface area contributed by atoms with E-state index in [0.717, 1.165) is 0 Å². The van der Waals surface area contributed by atoms with Crippen LogP contribution in [0.4, 0.5) is 5.69 Å². The first-order chi connectivity index (χ1) is 14.2. The maximum atomic E-state index is 12.9. The van der Waals surface area contributed by atoms with Crippen molar-refractivity contribution in [3.63, 3.8) is 0 Å². The molecule has 0 spiro atoms. The molecular weight excluding hydrogens is 404 g/mol. The van der Waals surface area contributed by atoms with Crippen LogP contribution < -0.4 is 15.6 Å². The number of carbonyl (C=O) groups is 1. The highest BCUT2D eigenvalue weighted by Crippen LogP contribution is 2.18. The number of aryl methyl sites for hydroxylation is 1. The van der Waals surface area contributed by atoms with Gasteiger partial charge in [0, 0.05) is 23.7 Å². The van der Waals surface area contributed by atoms with Crippen molar-refractivity contribution in [1.29, 1.82) is 0 Å². The van der Waals surface area contributed by atoms with Crippen LogP contribution in [-0.4, -0.2) is 30.1 Å². The number of benzene rings is 2. The van der Waals surface area contributed by atoms with E-state index in [4.69, 9.17) is 0 Å². The molecule has 0 aliphatic carbocycles. The van der Waals surface area contributed by atoms with Gasteiger partial charge in [-0.15, -0.1) is 0 Å². The van der Waals surface area contributed by atoms with E-state index in [2.05, 4.69) is 15.1 Å². The second-order valence-electron chi connectivity index (χ2n) is 7.18. The molecule has 8 nitrogen and oxygen atoms in total. The Morgan fingerprint density at radius 2 is 1.70 bits per heavy atom. The lowest BCUT2D eigenvalue weighted by Crippen LogP contribution is -2.30. The van der Waals surface area contributed by atoms with E-state index in [0.29, 0.717) is 29.4 Å². The molecule has 0 atom stereocenters. The predicted octanol–water partition coefficient (Wildman–Crippen LogP) is 2.75. The predicted molar refractivity (Wildman–Crippen MR) is 116 cm³/mol. The van der Waals surface area contributed by atoms with Crippen LogP contribution in [0, 0.1) is 0 Å². The second-order valence-corrected chi connectivity index (χ2v) is 8.89. The summed E-state index contributed by atoms with van der Waals surface area (Å²) >= 11 is 0. The first-order valence-electron chi connectivity index (χ1n) is 9.66. The molecule has 0 aliphatic rings. The van der Waals surface area contributed by atoms with Crippen LogP contribution in [0.5, 0.6) is 0 Å². The Balaban J connectivity index is 1.92. The van der Waals surface area contributed by atoms with Crippen molar-refractivity contribution in [2.24, 2.45) is 0 Å². The van der Waals surface area contributed by atoms with Crippen molar-refractivity contribution < 1.29 is 13.2 Å². The second kappa shape index (κ2) is 8.76. The number of nitrogens with zero attached hydrogens (tertiary/aromatic N) is 2. The van der Waals surface area contributed by atoms with Crippen molar-refractivity contribution in [3.05, 3.63) is 64.6 Å². The van der Waals surface area contributed by atoms with Gasteiger partial charge in [-0.1, -0.05) is 25.1 Å². The van der Waals surface area contributed by atoms with Gasteiger partial charge in [0.1, 0.15) is 0 Å². The topological polar surface area (TPSA) is 110 Å². The summed E-state index contributed by atoms with van der Waals surface area (Å²) in [7, 11) is -3.62. The van der Waals surface area contributed by atoms with Crippen LogP contribution in [0.2, 0.25) is 0 Å². The first-order valence-corrected chi connectivity index (χ1v) is 11.1. The zero-order valence-electron chi connectivity index (χ0n) is 17.0. The summed E-state index contributed by atoms with van der Waals surface area (Å²) in [5, 5.41) is 7.88. The fourth-order valence-electron chi connectivity index (χ4n) is 3.05. The van der Waals surface area contributed by atoms with Gasteiger partial charge >= 0.3 is 0 Å². The number of nitrogens with one attached hydrogen (secondary N) is 2. The molecule has 1 aromatic heterocycles. The van der Waals surface area contributed by atoms with Crippen LogP contribution in [-0.2, 0) is 16.6 Å². The zero-order chi connectivity index (χ0) is 21.9. The molecule has 2 aromatic carbocycles. The van der Waals surface area contributed by atoms with Crippen molar-refractivity contribution in [2.45, 2.75) is 44.7 Å². The number of carbonyl (C=O) groups excluding carboxylic acids is 1. The van der Waals surface area contributed by atoms with E-state index in [1.807, 2.05) is 6.92 Å². The SMILES string of the molecule is CCCn1nc(C(=O)Nc2ccc(S(=O)(=O)NC(C)C)cc2)c2ccccc2c1=O. The minimum atomic E-state index is -3.62. The molecule has 2 N–H and O–H groups in total. The minimum Gasteiger partial charge on any atom is -0.321 e. The Kier molecular flexibility index (Phi) is 6.33. The number of sulfonamides is 1. The Morgan fingerprint density at radius 3 is 2.30 bits per heavy atom. The standard InChI is InChI=1S/C21H24N4O4S/c1-4-13-25-21(27)18-8-6-5-7-17(18)19(23-25)20(26)22-15-9-11-16(12-10-15)30(28,29)24-14(2)3/h5-12,14,24H,4,13H2,1-3H3,(H,22,26). The summed E-state index contributed by atoms with van der Waals surface area (Å²) in [4.78, 5) is 25.6. The van der Waals surface area contributed by atoms with Crippen molar-refractivity contribution in [2.75, 3.05) is 5.32 Å². The van der Waals surface area contributed by atoms with E-state index in [-0.39, 0.29) is 22.2 Å². The third-order valence-corrected chi connectivity index (χ3v) is 6.01. The van der Waals surface area contributed by atoms with Gasteiger partial charge in [0.15, 0.2) is 5.69 Å². The lowest BCUT2D eigenvalue weighted by molar-refractivity contribution is 0.102. The van der Waals surface area contributed by atoms with E-state index >= 15 is 0 Å². The zero-order valence-corrected chi connectivity index (χ0v) is 17.9. The monoisotopic (exact) mass is 428 g/mol. The molecule has 158 valence electrons. The van der Waals surface area contributed by atoms with Crippen molar-refractivity contribution in [1.82, 2.24) is 14.5 Å². The molecule has 1 amide bonds. The maximum Gasteiger partial charge on any atom is 0.276 e. The molecular formula is C21H24N4O4S. The molecule has 1 heterocycles. The lowest BCUT2D eigenvalue weighted by atomic mass is 10.1. The summed E-state index contributed by atoms with van der Waals surface area (Å²) in [6.45, 7) is 5.80. The Morgan fingerprint density at radius 1 is 1.07 bits per heavy atom. The summed E-state index contributed by atoms with van der Waals surface area (Å²) < 4.78 is 28.3. The van der Waals surface area contributed by atoms with Gasteiger partial charge in [0.25, 0.3) is 11.5 Å². The average molecular weight is 429 g/mol. The summed E-state index contributed by atoms with van der Waals surface area (Å²) in [5.74, 6) is -0.480. The number of amides is 1. The van der Waals surface area contributed by atoms with E-state index in [1.54, 1.807) is 38.1 Å². The van der Waals surface area contributed by atoms with Crippen molar-refractivity contribution in [3.8, 4) is 0 Å². The lowest BCUT2D eigenvalue weighted by Gasteiger charge is -2.12. The quantitative estimate of drug-likeness (QED) is 0.601. The molecule has 9 heteroatoms. The van der Waals surface area contributed by atoms with E-state index < -0.39 is 15.9 Å². The highest BCUT2D eigenvalue weighted by molar-refractivity contribution is 7.89. The molecule has 3 rings (SSSR count). The molecule has 0 unspecified atom stereocenters. The van der Waals surface area contributed by atoms with Crippen LogP contribution >= 0.6 is 0 Å². The third-order valence-electron chi connectivity index (χ3n) is 4.33. The smallest absolute Gasteiger partial charge is 0.276 e. The molecule has 30 heavy (non-hydrogen) atoms. The van der Waals surface area contributed by atoms with Gasteiger partial charge in [-0.05, 0) is 50.6 Å². The first kappa shape index (κ1) is 21.7. The number of hydrogen-bond acceptors (Lipinski definition) is 5. The number of fused-ring (bicyclic) bond motifs is 1. The highest BCUT2D eigenvalue weighted by Gasteiger charge is 2.18. The van der Waals surface area contributed by atoms with Crippen molar-refractivity contribution >= 4 is 32.4 Å². The molecule has 0 radical (unpaired) electrons. The number of anilines is 1. The molecule has 0 bridgehead atoms. The van der Waals surface area contributed by atoms with E-state index in [1.165, 1.54) is 28.9 Å². The molecule has 0 saturated heterocycles. The van der Waals surface area contributed by atoms with Gasteiger partial charge in [0.2, 0.25) is 10.0 Å². The van der Waals surface area contributed by atoms with Gasteiger partial charge in [-0.25, -0.2) is 17.8 Å². The Hall–Kier alpha value is -3.04. The molecule has 0 fully saturated rings. The summed E-state index contributed by atoms with van der Waals surface area (Å²) in [6, 6.07) is 12.5. The Bertz CT molecular complexity index is 1230. The van der Waals surface area contributed by atoms with Gasteiger partial charge in [-0.3, -0.25) is 9.59 Å². The number of aromatic nitrogens is 2. The van der Waals surface area contributed by atoms with Gasteiger partial charge < -0.3 is 5.32 Å². The molecule has 0 aliphatic heterocycles. The van der Waals surface area contributed by atoms with Crippen LogP contribution in [0.3, 0.4) is 0 Å². The normalized spacial score (nSPS) is 11.7. The van der Waals surface area contributed by atoms with E-state index in [9.17, 15) is 18.0 Å². The van der Waals surface area contributed by atoms with Crippen LogP contribution in [0.15, 0.2) is 58.2 Å². The van der Waals surface area contributed by atoms with Gasteiger partial charge in [0.05, 0.1) is 10.3 Å². The largest absolute Gasteiger partial charge is 0.321 e. The third kappa shape index (κ3) is 4.58. The van der Waals surface area contributed by atoms with Crippen LogP contribution in [0.1, 0.15) is 37.7 Å². The number of rotatable bonds is 7. The highest BCUT2D eigenvalue weighted by atomic mass is 32.2. The fourth-order valence-corrected chi connectivity index (χ4v) is 4.30. The minimum absolute atomic E-state index is 0.106. The maximum absolute atomic E-state index is 12.9. The molecule has 3 aromatic rings.